The molecule has 2 N–H and O–H groups in total. The van der Waals surface area contributed by atoms with Crippen molar-refractivity contribution in [2.24, 2.45) is 0 Å². The van der Waals surface area contributed by atoms with E-state index in [1.807, 2.05) is 4.90 Å². The van der Waals surface area contributed by atoms with Crippen LogP contribution >= 0.6 is 11.3 Å². The van der Waals surface area contributed by atoms with E-state index in [0.717, 1.165) is 11.3 Å². The smallest absolute Gasteiger partial charge is 0.234 e. The van der Waals surface area contributed by atoms with Crippen molar-refractivity contribution in [3.8, 4) is 21.8 Å². The van der Waals surface area contributed by atoms with Crippen LogP contribution in [0.2, 0.25) is 0 Å². The van der Waals surface area contributed by atoms with Gasteiger partial charge in [0.25, 0.3) is 0 Å². The first-order chi connectivity index (χ1) is 18.3. The van der Waals surface area contributed by atoms with Gasteiger partial charge >= 0.3 is 0 Å². The number of ether oxygens (including phenoxy) is 1. The normalized spacial score (nSPS) is 13.9. The summed E-state index contributed by atoms with van der Waals surface area (Å²) >= 11 is 1.10. The van der Waals surface area contributed by atoms with Gasteiger partial charge in [0, 0.05) is 30.5 Å². The molecule has 0 aliphatic carbocycles. The van der Waals surface area contributed by atoms with E-state index in [9.17, 15) is 17.2 Å². The molecule has 0 unspecified atom stereocenters. The number of sulfonamides is 1. The molecule has 0 bridgehead atoms. The van der Waals surface area contributed by atoms with E-state index < -0.39 is 15.8 Å². The Bertz CT molecular complexity index is 1540. The van der Waals surface area contributed by atoms with Crippen molar-refractivity contribution in [2.75, 3.05) is 47.0 Å². The first-order valence-electron chi connectivity index (χ1n) is 11.8. The van der Waals surface area contributed by atoms with Crippen molar-refractivity contribution >= 4 is 43.8 Å². The first kappa shape index (κ1) is 25.9. The molecular weight excluding hydrogens is 534 g/mol. The topological polar surface area (TPSA) is 109 Å². The van der Waals surface area contributed by atoms with Gasteiger partial charge in [-0.15, -0.1) is 0 Å². The third kappa shape index (κ3) is 5.90. The number of nitrogens with one attached hydrogen (secondary N) is 2. The molecule has 0 amide bonds. The molecule has 9 nitrogen and oxygen atoms in total. The zero-order chi connectivity index (χ0) is 26.7. The van der Waals surface area contributed by atoms with Crippen LogP contribution in [0.15, 0.2) is 54.7 Å². The molecular formula is C25H24F2N6O3S2. The van der Waals surface area contributed by atoms with Crippen LogP contribution in [0.25, 0.3) is 21.8 Å². The van der Waals surface area contributed by atoms with Crippen LogP contribution in [-0.4, -0.2) is 55.4 Å². The van der Waals surface area contributed by atoms with Crippen LogP contribution in [0.1, 0.15) is 6.92 Å². The largest absolute Gasteiger partial charge is 0.378 e. The maximum atomic E-state index is 14.9. The number of anilines is 4. The van der Waals surface area contributed by atoms with Crippen LogP contribution in [0.5, 0.6) is 0 Å². The molecule has 1 aliphatic rings. The Morgan fingerprint density at radius 2 is 1.82 bits per heavy atom. The molecule has 0 radical (unpaired) electrons. The highest BCUT2D eigenvalue weighted by molar-refractivity contribution is 7.92. The second kappa shape index (κ2) is 11.0. The summed E-state index contributed by atoms with van der Waals surface area (Å²) in [5, 5.41) is 3.19. The lowest BCUT2D eigenvalue weighted by Crippen LogP contribution is -2.36. The second-order valence-corrected chi connectivity index (χ2v) is 11.4. The minimum atomic E-state index is -3.56. The summed E-state index contributed by atoms with van der Waals surface area (Å²) in [6.07, 6.45) is 1.53. The van der Waals surface area contributed by atoms with Crippen molar-refractivity contribution in [3.63, 3.8) is 0 Å². The number of benzene rings is 2. The van der Waals surface area contributed by atoms with Gasteiger partial charge in [-0.2, -0.15) is 0 Å². The minimum Gasteiger partial charge on any atom is -0.378 e. The number of hydrogen-bond donors (Lipinski definition) is 2. The third-order valence-corrected chi connectivity index (χ3v) is 8.20. The van der Waals surface area contributed by atoms with E-state index in [0.29, 0.717) is 59.5 Å². The lowest BCUT2D eigenvalue weighted by molar-refractivity contribution is 0.122. The summed E-state index contributed by atoms with van der Waals surface area (Å²) in [7, 11) is -3.56. The molecule has 2 aromatic heterocycles. The highest BCUT2D eigenvalue weighted by Crippen LogP contribution is 2.39. The maximum Gasteiger partial charge on any atom is 0.234 e. The molecule has 13 heteroatoms. The zero-order valence-corrected chi connectivity index (χ0v) is 22.0. The fourth-order valence-electron chi connectivity index (χ4n) is 3.87. The van der Waals surface area contributed by atoms with Crippen LogP contribution in [0, 0.1) is 11.6 Å². The van der Waals surface area contributed by atoms with Crippen LogP contribution in [-0.2, 0) is 14.8 Å². The predicted octanol–water partition coefficient (Wildman–Crippen LogP) is 4.89. The highest BCUT2D eigenvalue weighted by Gasteiger charge is 2.20. The third-order valence-electron chi connectivity index (χ3n) is 5.81. The molecule has 38 heavy (non-hydrogen) atoms. The molecule has 0 saturated carbocycles. The number of nitrogens with zero attached hydrogens (tertiary/aromatic N) is 4. The molecule has 5 rings (SSSR count). The van der Waals surface area contributed by atoms with Crippen molar-refractivity contribution < 1.29 is 21.9 Å². The standard InChI is InChI=1S/C25H24F2N6O3S2/c1-2-38(34,35)32-25-31-22(16-3-5-17(26)6-4-16)23(37-25)20-9-10-28-24(30-20)29-18-7-8-21(19(27)15-18)33-11-13-36-14-12-33/h3-10,15H,2,11-14H2,1H3,(H,31,32)(H,28,29,30). The molecule has 1 fully saturated rings. The first-order valence-corrected chi connectivity index (χ1v) is 14.3. The number of thiazole rings is 1. The van der Waals surface area contributed by atoms with Gasteiger partial charge in [-0.1, -0.05) is 11.3 Å². The van der Waals surface area contributed by atoms with E-state index >= 15 is 0 Å². The van der Waals surface area contributed by atoms with E-state index in [-0.39, 0.29) is 22.6 Å². The van der Waals surface area contributed by atoms with E-state index in [2.05, 4.69) is 25.0 Å². The summed E-state index contributed by atoms with van der Waals surface area (Å²) in [5.74, 6) is -0.675. The van der Waals surface area contributed by atoms with Gasteiger partial charge in [0.2, 0.25) is 16.0 Å². The predicted molar refractivity (Wildman–Crippen MR) is 144 cm³/mol. The maximum absolute atomic E-state index is 14.9. The molecule has 1 saturated heterocycles. The van der Waals surface area contributed by atoms with Gasteiger partial charge < -0.3 is 15.0 Å². The molecule has 1 aliphatic heterocycles. The molecule has 3 heterocycles. The summed E-state index contributed by atoms with van der Waals surface area (Å²) in [6, 6.07) is 12.2. The van der Waals surface area contributed by atoms with E-state index in [1.54, 1.807) is 30.3 Å². The van der Waals surface area contributed by atoms with Crippen LogP contribution in [0.4, 0.5) is 31.2 Å². The second-order valence-electron chi connectivity index (χ2n) is 8.37. The van der Waals surface area contributed by atoms with Crippen molar-refractivity contribution in [1.29, 1.82) is 0 Å². The average Bonchev–Trinajstić information content (AvgIpc) is 3.33. The number of aromatic nitrogens is 3. The van der Waals surface area contributed by atoms with Crippen molar-refractivity contribution in [1.82, 2.24) is 15.0 Å². The monoisotopic (exact) mass is 558 g/mol. The van der Waals surface area contributed by atoms with Gasteiger partial charge in [-0.3, -0.25) is 4.72 Å². The van der Waals surface area contributed by atoms with E-state index in [4.69, 9.17) is 4.74 Å². The Labute approximate surface area is 222 Å². The lowest BCUT2D eigenvalue weighted by Gasteiger charge is -2.29. The zero-order valence-electron chi connectivity index (χ0n) is 20.3. The van der Waals surface area contributed by atoms with Gasteiger partial charge in [-0.05, 0) is 55.5 Å². The molecule has 0 atom stereocenters. The highest BCUT2D eigenvalue weighted by atomic mass is 32.2. The number of rotatable bonds is 8. The quantitative estimate of drug-likeness (QED) is 0.315. The Morgan fingerprint density at radius 3 is 2.53 bits per heavy atom. The summed E-state index contributed by atoms with van der Waals surface area (Å²) in [5.41, 5.74) is 2.47. The SMILES string of the molecule is CCS(=O)(=O)Nc1nc(-c2ccc(F)cc2)c(-c2ccnc(Nc3ccc(N4CCOCC4)c(F)c3)n2)s1. The Hall–Kier alpha value is -3.68. The van der Waals surface area contributed by atoms with Crippen LogP contribution in [0.3, 0.4) is 0 Å². The van der Waals surface area contributed by atoms with Gasteiger partial charge in [0.1, 0.15) is 11.6 Å². The molecule has 4 aromatic rings. The summed E-state index contributed by atoms with van der Waals surface area (Å²) in [6.45, 7) is 3.88. The minimum absolute atomic E-state index is 0.115. The van der Waals surface area contributed by atoms with Gasteiger partial charge in [0.15, 0.2) is 5.13 Å². The fraction of sp³-hybridized carbons (Fsp3) is 0.240. The molecule has 2 aromatic carbocycles. The lowest BCUT2D eigenvalue weighted by atomic mass is 10.1. The summed E-state index contributed by atoms with van der Waals surface area (Å²) in [4.78, 5) is 15.8. The van der Waals surface area contributed by atoms with Crippen molar-refractivity contribution in [2.45, 2.75) is 6.92 Å². The number of hydrogen-bond acceptors (Lipinski definition) is 9. The van der Waals surface area contributed by atoms with E-state index in [1.165, 1.54) is 31.3 Å². The number of morpholine rings is 1. The Balaban J connectivity index is 1.45. The van der Waals surface area contributed by atoms with Gasteiger partial charge in [0.05, 0.1) is 40.9 Å². The summed E-state index contributed by atoms with van der Waals surface area (Å²) < 4.78 is 60.5. The van der Waals surface area contributed by atoms with Gasteiger partial charge in [-0.25, -0.2) is 32.2 Å². The Morgan fingerprint density at radius 1 is 1.05 bits per heavy atom. The van der Waals surface area contributed by atoms with Crippen molar-refractivity contribution in [3.05, 3.63) is 66.4 Å². The number of halogens is 2. The fourth-order valence-corrected chi connectivity index (χ4v) is 5.68. The van der Waals surface area contributed by atoms with Crippen LogP contribution < -0.4 is 14.9 Å². The molecule has 198 valence electrons. The molecule has 0 spiro atoms. The Kier molecular flexibility index (Phi) is 7.49. The average molecular weight is 559 g/mol.